The quantitative estimate of drug-likeness (QED) is 0.696. The first-order valence-corrected chi connectivity index (χ1v) is 11.3. The summed E-state index contributed by atoms with van der Waals surface area (Å²) in [6.07, 6.45) is 6.03. The third-order valence-electron chi connectivity index (χ3n) is 6.01. The Hall–Kier alpha value is -2.05. The van der Waals surface area contributed by atoms with Crippen molar-refractivity contribution in [2.45, 2.75) is 63.7 Å². The fourth-order valence-electron chi connectivity index (χ4n) is 4.81. The number of anilines is 1. The van der Waals surface area contributed by atoms with E-state index in [1.807, 2.05) is 42.5 Å². The standard InChI is InChI=1S/C22H29N3O2S/c1-2-27-20-10-8-16(9-11-20)23-22(26)24-17-13-18-5-3-6-19(14-17)25(18)15-21-7-4-12-28-21/h4,7-12,17-19H,2-3,5-6,13-15H2,1H3,(H2,23,24,26)/p+1/t17?,18-,19+. The number of quaternary nitrogens is 1. The molecule has 2 unspecified atom stereocenters. The van der Waals surface area contributed by atoms with Gasteiger partial charge in [-0.05, 0) is 61.9 Å². The van der Waals surface area contributed by atoms with E-state index in [4.69, 9.17) is 4.74 Å². The Balaban J connectivity index is 1.31. The van der Waals surface area contributed by atoms with Gasteiger partial charge in [-0.1, -0.05) is 6.07 Å². The SMILES string of the molecule is CCOc1ccc(NC(=O)NC2C[C@H]3CCC[C@@H](C2)[NH+]3Cc2cccs2)cc1. The maximum absolute atomic E-state index is 12.5. The van der Waals surface area contributed by atoms with Crippen LogP contribution in [0.5, 0.6) is 5.75 Å². The molecule has 2 amide bonds. The van der Waals surface area contributed by atoms with Crippen LogP contribution in [0.3, 0.4) is 0 Å². The van der Waals surface area contributed by atoms with Crippen LogP contribution < -0.4 is 20.3 Å². The normalized spacial score (nSPS) is 26.5. The molecule has 2 aromatic rings. The van der Waals surface area contributed by atoms with Crippen molar-refractivity contribution >= 4 is 23.1 Å². The average molecular weight is 401 g/mol. The second-order valence-corrected chi connectivity index (χ2v) is 8.91. The van der Waals surface area contributed by atoms with Crippen LogP contribution in [0, 0.1) is 0 Å². The third-order valence-corrected chi connectivity index (χ3v) is 6.89. The lowest BCUT2D eigenvalue weighted by Crippen LogP contribution is -3.20. The van der Waals surface area contributed by atoms with Crippen molar-refractivity contribution in [1.29, 1.82) is 0 Å². The molecule has 0 spiro atoms. The molecule has 2 saturated heterocycles. The second kappa shape index (κ2) is 8.97. The minimum absolute atomic E-state index is 0.103. The van der Waals surface area contributed by atoms with Gasteiger partial charge >= 0.3 is 6.03 Å². The van der Waals surface area contributed by atoms with Crippen LogP contribution >= 0.6 is 11.3 Å². The summed E-state index contributed by atoms with van der Waals surface area (Å²) in [7, 11) is 0. The van der Waals surface area contributed by atoms with Gasteiger partial charge in [-0.25, -0.2) is 4.79 Å². The first-order valence-electron chi connectivity index (χ1n) is 10.4. The molecule has 28 heavy (non-hydrogen) atoms. The number of hydrogen-bond acceptors (Lipinski definition) is 3. The molecule has 2 bridgehead atoms. The number of hydrogen-bond donors (Lipinski definition) is 3. The third kappa shape index (κ3) is 4.67. The highest BCUT2D eigenvalue weighted by molar-refractivity contribution is 7.09. The van der Waals surface area contributed by atoms with Gasteiger partial charge in [0.1, 0.15) is 12.3 Å². The lowest BCUT2D eigenvalue weighted by molar-refractivity contribution is -0.973. The van der Waals surface area contributed by atoms with Gasteiger partial charge in [-0.2, -0.15) is 0 Å². The first-order chi connectivity index (χ1) is 13.7. The van der Waals surface area contributed by atoms with Gasteiger partial charge < -0.3 is 20.3 Å². The van der Waals surface area contributed by atoms with E-state index in [1.54, 1.807) is 4.90 Å². The molecule has 6 heteroatoms. The minimum Gasteiger partial charge on any atom is -0.494 e. The van der Waals surface area contributed by atoms with Crippen molar-refractivity contribution in [3.63, 3.8) is 0 Å². The zero-order valence-corrected chi connectivity index (χ0v) is 17.3. The molecule has 5 nitrogen and oxygen atoms in total. The molecule has 2 fully saturated rings. The number of thiophene rings is 1. The number of amides is 2. The maximum Gasteiger partial charge on any atom is 0.319 e. The summed E-state index contributed by atoms with van der Waals surface area (Å²) in [5, 5.41) is 8.35. The summed E-state index contributed by atoms with van der Waals surface area (Å²) < 4.78 is 5.45. The van der Waals surface area contributed by atoms with Crippen LogP contribution in [0.4, 0.5) is 10.5 Å². The van der Waals surface area contributed by atoms with Gasteiger partial charge in [0.2, 0.25) is 0 Å². The molecule has 0 saturated carbocycles. The Morgan fingerprint density at radius 1 is 1.18 bits per heavy atom. The molecule has 2 aliphatic rings. The number of urea groups is 1. The molecule has 1 aromatic carbocycles. The summed E-state index contributed by atoms with van der Waals surface area (Å²) in [5.74, 6) is 0.822. The van der Waals surface area contributed by atoms with Crippen molar-refractivity contribution < 1.29 is 14.4 Å². The van der Waals surface area contributed by atoms with Crippen LogP contribution in [-0.2, 0) is 6.54 Å². The molecular weight excluding hydrogens is 370 g/mol. The fraction of sp³-hybridized carbons (Fsp3) is 0.500. The van der Waals surface area contributed by atoms with E-state index in [0.717, 1.165) is 30.8 Å². The fourth-order valence-corrected chi connectivity index (χ4v) is 5.55. The highest BCUT2D eigenvalue weighted by Crippen LogP contribution is 2.23. The Kier molecular flexibility index (Phi) is 6.17. The number of nitrogens with one attached hydrogen (secondary N) is 3. The lowest BCUT2D eigenvalue weighted by atomic mass is 9.81. The summed E-state index contributed by atoms with van der Waals surface area (Å²) in [5.41, 5.74) is 0.793. The molecule has 2 aliphatic heterocycles. The summed E-state index contributed by atoms with van der Waals surface area (Å²) in [4.78, 5) is 15.7. The van der Waals surface area contributed by atoms with E-state index >= 15 is 0 Å². The van der Waals surface area contributed by atoms with Crippen LogP contribution in [0.2, 0.25) is 0 Å². The van der Waals surface area contributed by atoms with Crippen LogP contribution in [0.1, 0.15) is 43.9 Å². The Labute approximate surface area is 171 Å². The lowest BCUT2D eigenvalue weighted by Gasteiger charge is -2.45. The molecule has 1 aromatic heterocycles. The second-order valence-electron chi connectivity index (χ2n) is 7.88. The molecule has 3 N–H and O–H groups in total. The number of benzene rings is 1. The van der Waals surface area contributed by atoms with E-state index < -0.39 is 0 Å². The molecule has 4 atom stereocenters. The molecule has 4 rings (SSSR count). The smallest absolute Gasteiger partial charge is 0.319 e. The van der Waals surface area contributed by atoms with E-state index in [2.05, 4.69) is 28.1 Å². The Bertz CT molecular complexity index is 749. The molecule has 3 heterocycles. The molecular formula is C22H30N3O2S+. The predicted octanol–water partition coefficient (Wildman–Crippen LogP) is 3.44. The highest BCUT2D eigenvalue weighted by Gasteiger charge is 2.42. The monoisotopic (exact) mass is 400 g/mol. The van der Waals surface area contributed by atoms with Crippen molar-refractivity contribution in [3.8, 4) is 5.75 Å². The van der Waals surface area contributed by atoms with E-state index in [1.165, 1.54) is 24.1 Å². The molecule has 0 aliphatic carbocycles. The van der Waals surface area contributed by atoms with E-state index in [-0.39, 0.29) is 12.1 Å². The Morgan fingerprint density at radius 2 is 1.93 bits per heavy atom. The largest absolute Gasteiger partial charge is 0.494 e. The first kappa shape index (κ1) is 19.3. The number of fused-ring (bicyclic) bond motifs is 2. The Morgan fingerprint density at radius 3 is 2.57 bits per heavy atom. The molecule has 150 valence electrons. The summed E-state index contributed by atoms with van der Waals surface area (Å²) in [6.45, 7) is 3.74. The maximum atomic E-state index is 12.5. The van der Waals surface area contributed by atoms with Crippen molar-refractivity contribution in [2.75, 3.05) is 11.9 Å². The number of piperidine rings is 2. The van der Waals surface area contributed by atoms with Crippen LogP contribution in [0.15, 0.2) is 41.8 Å². The van der Waals surface area contributed by atoms with Crippen molar-refractivity contribution in [2.24, 2.45) is 0 Å². The van der Waals surface area contributed by atoms with Gasteiger partial charge in [0.05, 0.1) is 23.6 Å². The van der Waals surface area contributed by atoms with Gasteiger partial charge in [-0.15, -0.1) is 11.3 Å². The van der Waals surface area contributed by atoms with Gasteiger partial charge in [0, 0.05) is 24.6 Å². The van der Waals surface area contributed by atoms with E-state index in [0.29, 0.717) is 18.7 Å². The van der Waals surface area contributed by atoms with Crippen molar-refractivity contribution in [1.82, 2.24) is 5.32 Å². The van der Waals surface area contributed by atoms with Gasteiger partial charge in [0.15, 0.2) is 0 Å². The van der Waals surface area contributed by atoms with Gasteiger partial charge in [0.25, 0.3) is 0 Å². The van der Waals surface area contributed by atoms with Crippen LogP contribution in [-0.4, -0.2) is 30.8 Å². The number of rotatable bonds is 6. The number of ether oxygens (including phenoxy) is 1. The summed E-state index contributed by atoms with van der Waals surface area (Å²) >= 11 is 1.86. The number of carbonyl (C=O) groups is 1. The highest BCUT2D eigenvalue weighted by atomic mass is 32.1. The van der Waals surface area contributed by atoms with Crippen LogP contribution in [0.25, 0.3) is 0 Å². The zero-order valence-electron chi connectivity index (χ0n) is 16.4. The summed E-state index contributed by atoms with van der Waals surface area (Å²) in [6, 6.07) is 13.4. The van der Waals surface area contributed by atoms with Crippen molar-refractivity contribution in [3.05, 3.63) is 46.7 Å². The minimum atomic E-state index is -0.103. The number of carbonyl (C=O) groups excluding carboxylic acids is 1. The average Bonchev–Trinajstić information content (AvgIpc) is 3.17. The predicted molar refractivity (Wildman–Crippen MR) is 113 cm³/mol. The molecule has 0 radical (unpaired) electrons. The van der Waals surface area contributed by atoms with Gasteiger partial charge in [-0.3, -0.25) is 0 Å². The zero-order chi connectivity index (χ0) is 19.3. The van der Waals surface area contributed by atoms with E-state index in [9.17, 15) is 4.79 Å². The topological polar surface area (TPSA) is 54.8 Å².